The fraction of sp³-hybridized carbons (Fsp3) is 0.571. The summed E-state index contributed by atoms with van der Waals surface area (Å²) < 4.78 is 2.16. The zero-order chi connectivity index (χ0) is 7.23. The molecule has 1 aromatic heterocycles. The molecule has 56 valence electrons. The maximum Gasteiger partial charge on any atom is 0.241 e. The third kappa shape index (κ3) is 2.43. The lowest BCUT2D eigenvalue weighted by atomic mass is 10.7. The molecular formula is C7H13N2S+. The summed E-state index contributed by atoms with van der Waals surface area (Å²) in [5, 5.41) is 0. The van der Waals surface area contributed by atoms with Crippen molar-refractivity contribution in [1.29, 1.82) is 0 Å². The van der Waals surface area contributed by atoms with Crippen molar-refractivity contribution in [2.24, 2.45) is 0 Å². The highest BCUT2D eigenvalue weighted by Gasteiger charge is 1.93. The van der Waals surface area contributed by atoms with Gasteiger partial charge in [-0.15, -0.1) is 0 Å². The third-order valence-corrected chi connectivity index (χ3v) is 2.18. The number of aromatic nitrogens is 2. The molecule has 0 bridgehead atoms. The number of nitrogens with zero attached hydrogens (tertiary/aromatic N) is 1. The van der Waals surface area contributed by atoms with E-state index in [-0.39, 0.29) is 0 Å². The van der Waals surface area contributed by atoms with Crippen LogP contribution in [0.25, 0.3) is 0 Å². The molecule has 0 spiro atoms. The molecule has 0 radical (unpaired) electrons. The maximum atomic E-state index is 3.01. The molecule has 3 heteroatoms. The number of aromatic amines is 1. The predicted molar refractivity (Wildman–Crippen MR) is 44.0 cm³/mol. The Morgan fingerprint density at radius 3 is 3.10 bits per heavy atom. The van der Waals surface area contributed by atoms with Crippen LogP contribution in [0.2, 0.25) is 0 Å². The van der Waals surface area contributed by atoms with Gasteiger partial charge in [0.25, 0.3) is 0 Å². The molecule has 0 aliphatic rings. The lowest BCUT2D eigenvalue weighted by Crippen LogP contribution is -2.31. The summed E-state index contributed by atoms with van der Waals surface area (Å²) in [6.07, 6.45) is 5.98. The Morgan fingerprint density at radius 2 is 2.50 bits per heavy atom. The first-order valence-corrected chi connectivity index (χ1v) is 4.68. The van der Waals surface area contributed by atoms with E-state index < -0.39 is 0 Å². The Bertz CT molecular complexity index is 160. The number of aryl methyl sites for hydroxylation is 1. The fourth-order valence-electron chi connectivity index (χ4n) is 0.774. The molecule has 0 atom stereocenters. The van der Waals surface area contributed by atoms with Crippen LogP contribution < -0.4 is 4.57 Å². The van der Waals surface area contributed by atoms with Gasteiger partial charge < -0.3 is 0 Å². The minimum atomic E-state index is 1.11. The largest absolute Gasteiger partial charge is 0.250 e. The SMILES string of the molecule is CCSCC[n+]1cc[nH]c1. The molecule has 10 heavy (non-hydrogen) atoms. The molecule has 0 aliphatic heterocycles. The molecule has 0 aliphatic carbocycles. The van der Waals surface area contributed by atoms with E-state index in [1.807, 2.05) is 24.3 Å². The smallest absolute Gasteiger partial charge is 0.241 e. The average molecular weight is 157 g/mol. The maximum absolute atomic E-state index is 3.01. The lowest BCUT2D eigenvalue weighted by molar-refractivity contribution is -0.691. The Kier molecular flexibility index (Phi) is 3.36. The second-order valence-corrected chi connectivity index (χ2v) is 3.44. The van der Waals surface area contributed by atoms with E-state index >= 15 is 0 Å². The summed E-state index contributed by atoms with van der Waals surface area (Å²) in [5.74, 6) is 2.42. The summed E-state index contributed by atoms with van der Waals surface area (Å²) in [6, 6.07) is 0. The van der Waals surface area contributed by atoms with Crippen molar-refractivity contribution >= 4 is 11.8 Å². The van der Waals surface area contributed by atoms with Gasteiger partial charge in [0, 0.05) is 5.75 Å². The third-order valence-electron chi connectivity index (χ3n) is 1.30. The first-order chi connectivity index (χ1) is 4.93. The number of thioether (sulfide) groups is 1. The summed E-state index contributed by atoms with van der Waals surface area (Å²) >= 11 is 1.97. The minimum Gasteiger partial charge on any atom is -0.250 e. The first kappa shape index (κ1) is 7.66. The Labute approximate surface area is 65.7 Å². The van der Waals surface area contributed by atoms with E-state index in [0.29, 0.717) is 0 Å². The van der Waals surface area contributed by atoms with Crippen molar-refractivity contribution in [3.63, 3.8) is 0 Å². The van der Waals surface area contributed by atoms with Gasteiger partial charge in [-0.25, -0.2) is 4.57 Å². The molecule has 0 aromatic carbocycles. The predicted octanol–water partition coefficient (Wildman–Crippen LogP) is 1.06. The number of imidazole rings is 1. The van der Waals surface area contributed by atoms with Crippen molar-refractivity contribution in [3.05, 3.63) is 18.7 Å². The highest BCUT2D eigenvalue weighted by Crippen LogP contribution is 1.95. The van der Waals surface area contributed by atoms with E-state index in [0.717, 1.165) is 6.54 Å². The quantitative estimate of drug-likeness (QED) is 0.511. The molecule has 1 heterocycles. The minimum absolute atomic E-state index is 1.11. The van der Waals surface area contributed by atoms with Crippen LogP contribution in [0.1, 0.15) is 6.92 Å². The average Bonchev–Trinajstić information content (AvgIpc) is 2.41. The first-order valence-electron chi connectivity index (χ1n) is 3.53. The summed E-state index contributed by atoms with van der Waals surface area (Å²) in [5.41, 5.74) is 0. The van der Waals surface area contributed by atoms with Crippen LogP contribution in [-0.4, -0.2) is 16.5 Å². The molecule has 2 nitrogen and oxygen atoms in total. The van der Waals surface area contributed by atoms with Gasteiger partial charge in [-0.05, 0) is 5.75 Å². The zero-order valence-corrected chi connectivity index (χ0v) is 7.03. The number of H-pyrrole nitrogens is 1. The van der Waals surface area contributed by atoms with Gasteiger partial charge in [-0.1, -0.05) is 6.92 Å². The van der Waals surface area contributed by atoms with Gasteiger partial charge in [0.15, 0.2) is 0 Å². The molecule has 0 saturated heterocycles. The number of rotatable bonds is 4. The summed E-state index contributed by atoms with van der Waals surface area (Å²) in [4.78, 5) is 3.01. The standard InChI is InChI=1S/C7H12N2S/c1-2-10-6-5-9-4-3-8-7-9/h3-4,7H,2,5-6H2,1H3/p+1. The summed E-state index contributed by atoms with van der Waals surface area (Å²) in [6.45, 7) is 3.30. The molecule has 1 rings (SSSR count). The molecular weight excluding hydrogens is 144 g/mol. The lowest BCUT2D eigenvalue weighted by Gasteiger charge is -1.93. The van der Waals surface area contributed by atoms with Crippen molar-refractivity contribution in [1.82, 2.24) is 4.98 Å². The van der Waals surface area contributed by atoms with E-state index in [9.17, 15) is 0 Å². The topological polar surface area (TPSA) is 19.7 Å². The highest BCUT2D eigenvalue weighted by molar-refractivity contribution is 7.99. The Hall–Kier alpha value is -0.440. The zero-order valence-electron chi connectivity index (χ0n) is 6.21. The Morgan fingerprint density at radius 1 is 1.60 bits per heavy atom. The van der Waals surface area contributed by atoms with Gasteiger partial charge in [0.2, 0.25) is 6.33 Å². The van der Waals surface area contributed by atoms with Gasteiger partial charge in [0.05, 0.1) is 6.54 Å². The summed E-state index contributed by atoms with van der Waals surface area (Å²) in [7, 11) is 0. The molecule has 1 aromatic rings. The van der Waals surface area contributed by atoms with E-state index in [1.54, 1.807) is 0 Å². The molecule has 0 amide bonds. The monoisotopic (exact) mass is 157 g/mol. The van der Waals surface area contributed by atoms with Gasteiger partial charge in [-0.3, -0.25) is 4.98 Å². The number of hydrogen-bond donors (Lipinski definition) is 1. The van der Waals surface area contributed by atoms with Crippen LogP contribution in [0.4, 0.5) is 0 Å². The van der Waals surface area contributed by atoms with Crippen molar-refractivity contribution in [3.8, 4) is 0 Å². The van der Waals surface area contributed by atoms with Crippen LogP contribution in [0.15, 0.2) is 18.7 Å². The van der Waals surface area contributed by atoms with E-state index in [4.69, 9.17) is 0 Å². The van der Waals surface area contributed by atoms with Gasteiger partial charge >= 0.3 is 0 Å². The normalized spacial score (nSPS) is 10.1. The molecule has 1 N–H and O–H groups in total. The van der Waals surface area contributed by atoms with Crippen molar-refractivity contribution < 1.29 is 4.57 Å². The second-order valence-electron chi connectivity index (χ2n) is 2.05. The van der Waals surface area contributed by atoms with E-state index in [1.165, 1.54) is 11.5 Å². The fourth-order valence-corrected chi connectivity index (χ4v) is 1.40. The van der Waals surface area contributed by atoms with Crippen molar-refractivity contribution in [2.45, 2.75) is 13.5 Å². The van der Waals surface area contributed by atoms with E-state index in [2.05, 4.69) is 22.7 Å². The van der Waals surface area contributed by atoms with Crippen LogP contribution in [-0.2, 0) is 6.54 Å². The van der Waals surface area contributed by atoms with Crippen LogP contribution >= 0.6 is 11.8 Å². The number of nitrogens with one attached hydrogen (secondary N) is 1. The van der Waals surface area contributed by atoms with Gasteiger partial charge in [0.1, 0.15) is 12.4 Å². The molecule has 0 saturated carbocycles. The molecule has 0 fully saturated rings. The number of hydrogen-bond acceptors (Lipinski definition) is 1. The van der Waals surface area contributed by atoms with Crippen molar-refractivity contribution in [2.75, 3.05) is 11.5 Å². The highest BCUT2D eigenvalue weighted by atomic mass is 32.2. The van der Waals surface area contributed by atoms with Gasteiger partial charge in [-0.2, -0.15) is 11.8 Å². The molecule has 0 unspecified atom stereocenters. The Balaban J connectivity index is 2.15. The second kappa shape index (κ2) is 4.39. The van der Waals surface area contributed by atoms with Crippen LogP contribution in [0, 0.1) is 0 Å². The van der Waals surface area contributed by atoms with Crippen LogP contribution in [0.3, 0.4) is 0 Å². The van der Waals surface area contributed by atoms with Crippen LogP contribution in [0.5, 0.6) is 0 Å².